The Bertz CT molecular complexity index is 1720. The van der Waals surface area contributed by atoms with E-state index < -0.39 is 7.92 Å². The van der Waals surface area contributed by atoms with Crippen molar-refractivity contribution in [3.63, 3.8) is 0 Å². The molecule has 1 unspecified atom stereocenters. The molecule has 0 spiro atoms. The van der Waals surface area contributed by atoms with E-state index in [1.54, 1.807) is 25.9 Å². The van der Waals surface area contributed by atoms with Crippen LogP contribution >= 0.6 is 7.92 Å². The van der Waals surface area contributed by atoms with Crippen LogP contribution in [-0.2, 0) is 32.0 Å². The molecule has 2 aliphatic carbocycles. The number of benzene rings is 5. The molecule has 5 aromatic carbocycles. The Morgan fingerprint density at radius 2 is 1.13 bits per heavy atom. The van der Waals surface area contributed by atoms with E-state index in [2.05, 4.69) is 172 Å². The number of rotatable bonds is 11. The second kappa shape index (κ2) is 17.0. The predicted molar refractivity (Wildman–Crippen MR) is 201 cm³/mol. The Balaban J connectivity index is 0.000000230. The molecule has 234 valence electrons. The minimum absolute atomic E-state index is 0.311. The molecule has 0 saturated carbocycles. The maximum Gasteiger partial charge on any atom is -0.0238 e. The summed E-state index contributed by atoms with van der Waals surface area (Å²) in [7, 11) is -0.540. The topological polar surface area (TPSA) is 0 Å². The second-order valence-electron chi connectivity index (χ2n) is 12.4. The van der Waals surface area contributed by atoms with Gasteiger partial charge in [-0.05, 0) is 24.0 Å². The summed E-state index contributed by atoms with van der Waals surface area (Å²) in [6.07, 6.45) is 12.4. The van der Waals surface area contributed by atoms with E-state index in [0.29, 0.717) is 4.22 Å². The van der Waals surface area contributed by atoms with Gasteiger partial charge in [0.15, 0.2) is 0 Å². The molecule has 0 fully saturated rings. The van der Waals surface area contributed by atoms with Gasteiger partial charge in [-0.2, -0.15) is 0 Å². The molecule has 1 atom stereocenters. The summed E-state index contributed by atoms with van der Waals surface area (Å²) in [6.45, 7) is 4.69. The van der Waals surface area contributed by atoms with Crippen LogP contribution in [0.15, 0.2) is 172 Å². The van der Waals surface area contributed by atoms with Gasteiger partial charge in [0, 0.05) is 0 Å². The van der Waals surface area contributed by atoms with Crippen LogP contribution in [0.4, 0.5) is 0 Å². The second-order valence-corrected chi connectivity index (χ2v) is 16.9. The van der Waals surface area contributed by atoms with Gasteiger partial charge in [0.1, 0.15) is 0 Å². The van der Waals surface area contributed by atoms with E-state index in [1.165, 1.54) is 53.0 Å². The third-order valence-corrected chi connectivity index (χ3v) is 15.0. The van der Waals surface area contributed by atoms with Crippen molar-refractivity contribution in [1.29, 1.82) is 0 Å². The van der Waals surface area contributed by atoms with Crippen molar-refractivity contribution in [3.05, 3.63) is 194 Å². The molecule has 0 aliphatic heterocycles. The number of aryl methyl sites for hydroxylation is 2. The maximum absolute atomic E-state index is 2.55. The minimum atomic E-state index is -0.540. The molecular weight excluding hydrogens is 619 g/mol. The normalized spacial score (nSPS) is 15.1. The molecule has 0 aromatic heterocycles. The van der Waals surface area contributed by atoms with Gasteiger partial charge in [0.2, 0.25) is 0 Å². The maximum atomic E-state index is 2.55. The number of fused-ring (bicyclic) bond motifs is 1. The Kier molecular flexibility index (Phi) is 12.1. The molecule has 47 heavy (non-hydrogen) atoms. The van der Waals surface area contributed by atoms with Crippen LogP contribution in [0.1, 0.15) is 66.0 Å². The number of hydrogen-bond acceptors (Lipinski definition) is 0. The van der Waals surface area contributed by atoms with Crippen molar-refractivity contribution in [3.8, 4) is 0 Å². The van der Waals surface area contributed by atoms with E-state index in [0.717, 1.165) is 12.8 Å². The van der Waals surface area contributed by atoms with E-state index in [9.17, 15) is 0 Å². The average Bonchev–Trinajstić information content (AvgIpc) is 3.67. The molecule has 0 amide bonds. The van der Waals surface area contributed by atoms with Gasteiger partial charge >= 0.3 is 210 Å². The molecular formula is C45H45PTi. The van der Waals surface area contributed by atoms with Crippen molar-refractivity contribution in [2.45, 2.75) is 56.6 Å². The summed E-state index contributed by atoms with van der Waals surface area (Å²) in [5, 5.41) is 4.59. The van der Waals surface area contributed by atoms with Gasteiger partial charge in [-0.15, -0.1) is 0 Å². The third kappa shape index (κ3) is 8.69. The molecule has 7 rings (SSSR count). The molecule has 5 aromatic rings. The van der Waals surface area contributed by atoms with Crippen LogP contribution in [0.5, 0.6) is 0 Å². The van der Waals surface area contributed by atoms with Crippen LogP contribution in [-0.4, -0.2) is 0 Å². The smallest absolute Gasteiger partial charge is 0.0238 e. The molecule has 2 aliphatic rings. The van der Waals surface area contributed by atoms with Gasteiger partial charge < -0.3 is 0 Å². The van der Waals surface area contributed by atoms with Gasteiger partial charge in [0.25, 0.3) is 0 Å². The van der Waals surface area contributed by atoms with Crippen molar-refractivity contribution >= 4 is 24.6 Å². The fourth-order valence-electron chi connectivity index (χ4n) is 6.56. The minimum Gasteiger partial charge on any atom is -0.0622 e. The largest absolute Gasteiger partial charge is 0.0622 e. The fourth-order valence-corrected chi connectivity index (χ4v) is 12.4. The summed E-state index contributed by atoms with van der Waals surface area (Å²) >= 11 is -0.311. The quantitative estimate of drug-likeness (QED) is 0.0974. The van der Waals surface area contributed by atoms with E-state index in [1.807, 2.05) is 0 Å². The van der Waals surface area contributed by atoms with Crippen LogP contribution in [0.25, 0.3) is 6.08 Å². The molecule has 0 nitrogen and oxygen atoms in total. The first kappa shape index (κ1) is 33.4. The van der Waals surface area contributed by atoms with Crippen LogP contribution in [0.3, 0.4) is 0 Å². The standard InChI is InChI=1S/C21H16P.C14H14.C10H15.Ti/c1-3-11-19(12-4-1)22(20-13-5-2-6-14-20)21-15-17-9-7-8-10-18(17)16-21;1-3-7-13(8-4-1)11-12-14-9-5-2-6-10-14;1-3-4-7-10-8-5-6-9(10)2;/h1-16H;1-10H,11-12H2;8H,3-5,7H2,1-2H3;. The number of unbranched alkanes of at least 4 members (excludes halogenated alkanes) is 1. The summed E-state index contributed by atoms with van der Waals surface area (Å²) in [5.74, 6) is 0. The van der Waals surface area contributed by atoms with Crippen molar-refractivity contribution in [1.82, 2.24) is 0 Å². The Morgan fingerprint density at radius 1 is 0.617 bits per heavy atom. The SMILES string of the molecule is CCCCC1=CC[C]([Ti][CH]2C(P(c3ccccc3)c3ccccc3)=Cc3ccccc32)=C1C.c1ccc(CCc2ccccc2)cc1. The zero-order valence-electron chi connectivity index (χ0n) is 27.8. The summed E-state index contributed by atoms with van der Waals surface area (Å²) < 4.78 is 2.35. The molecule has 0 heterocycles. The third-order valence-electron chi connectivity index (χ3n) is 9.19. The van der Waals surface area contributed by atoms with Gasteiger partial charge in [-0.25, -0.2) is 0 Å². The summed E-state index contributed by atoms with van der Waals surface area (Å²) in [5.41, 5.74) is 9.08. The van der Waals surface area contributed by atoms with Crippen LogP contribution < -0.4 is 10.6 Å². The predicted octanol–water partition coefficient (Wildman–Crippen LogP) is 11.6. The van der Waals surface area contributed by atoms with Crippen molar-refractivity contribution < 1.29 is 19.2 Å². The van der Waals surface area contributed by atoms with E-state index >= 15 is 0 Å². The molecule has 2 heteroatoms. The van der Waals surface area contributed by atoms with Crippen LogP contribution in [0.2, 0.25) is 0 Å². The van der Waals surface area contributed by atoms with Gasteiger partial charge in [0.05, 0.1) is 0 Å². The first-order valence-corrected chi connectivity index (χ1v) is 20.2. The Labute approximate surface area is 293 Å². The summed E-state index contributed by atoms with van der Waals surface area (Å²) in [4.78, 5) is 0. The zero-order chi connectivity index (χ0) is 32.3. The molecule has 0 radical (unpaired) electrons. The van der Waals surface area contributed by atoms with E-state index in [-0.39, 0.29) is 19.2 Å². The first-order chi connectivity index (χ1) is 23.2. The van der Waals surface area contributed by atoms with Gasteiger partial charge in [-0.1, -0.05) is 60.7 Å². The molecule has 0 N–H and O–H groups in total. The Morgan fingerprint density at radius 3 is 1.68 bits per heavy atom. The molecule has 0 saturated heterocycles. The first-order valence-electron chi connectivity index (χ1n) is 17.2. The zero-order valence-corrected chi connectivity index (χ0v) is 30.2. The average molecular weight is 665 g/mol. The number of allylic oxidation sites excluding steroid dienone is 5. The van der Waals surface area contributed by atoms with E-state index in [4.69, 9.17) is 0 Å². The van der Waals surface area contributed by atoms with Gasteiger partial charge in [-0.3, -0.25) is 0 Å². The van der Waals surface area contributed by atoms with Crippen molar-refractivity contribution in [2.24, 2.45) is 0 Å². The monoisotopic (exact) mass is 664 g/mol. The van der Waals surface area contributed by atoms with Crippen LogP contribution in [0, 0.1) is 0 Å². The summed E-state index contributed by atoms with van der Waals surface area (Å²) in [6, 6.07) is 52.9. The molecule has 0 bridgehead atoms. The number of hydrogen-bond donors (Lipinski definition) is 0. The fraction of sp³-hybridized carbons (Fsp3) is 0.200. The Hall–Kier alpha value is -3.54. The van der Waals surface area contributed by atoms with Crippen molar-refractivity contribution in [2.75, 3.05) is 0 Å².